The molecule has 2 aromatic carbocycles. The molecule has 0 radical (unpaired) electrons. The van der Waals surface area contributed by atoms with Crippen LogP contribution in [-0.2, 0) is 27.2 Å². The van der Waals surface area contributed by atoms with Gasteiger partial charge in [0.1, 0.15) is 30.0 Å². The summed E-state index contributed by atoms with van der Waals surface area (Å²) in [7, 11) is 3.95. The first kappa shape index (κ1) is 36.0. The van der Waals surface area contributed by atoms with E-state index in [9.17, 15) is 24.9 Å². The number of hydrogen-bond acceptors (Lipinski definition) is 7. The lowest BCUT2D eigenvalue weighted by atomic mass is 9.80. The number of aryl methyl sites for hydroxylation is 2. The van der Waals surface area contributed by atoms with E-state index in [-0.39, 0.29) is 11.8 Å². The number of benzene rings is 2. The smallest absolute Gasteiger partial charge is 0.245 e. The number of hydrogen-bond donors (Lipinski definition) is 5. The van der Waals surface area contributed by atoms with Crippen molar-refractivity contribution in [3.63, 3.8) is 0 Å². The molecule has 0 aromatic heterocycles. The average Bonchev–Trinajstić information content (AvgIpc) is 3.03. The Hall–Kier alpha value is -2.82. The van der Waals surface area contributed by atoms with Gasteiger partial charge in [-0.2, -0.15) is 0 Å². The van der Waals surface area contributed by atoms with Gasteiger partial charge in [0.2, 0.25) is 11.8 Å². The second-order valence-electron chi connectivity index (χ2n) is 13.6. The van der Waals surface area contributed by atoms with Gasteiger partial charge in [-0.1, -0.05) is 75.1 Å². The van der Waals surface area contributed by atoms with Gasteiger partial charge >= 0.3 is 0 Å². The maximum Gasteiger partial charge on any atom is 0.245 e. The maximum atomic E-state index is 13.1. The van der Waals surface area contributed by atoms with Crippen molar-refractivity contribution in [1.82, 2.24) is 15.5 Å². The maximum absolute atomic E-state index is 13.1. The van der Waals surface area contributed by atoms with Crippen molar-refractivity contribution in [2.24, 2.45) is 0 Å². The van der Waals surface area contributed by atoms with Gasteiger partial charge in [0.25, 0.3) is 0 Å². The van der Waals surface area contributed by atoms with Gasteiger partial charge in [0.15, 0.2) is 0 Å². The monoisotopic (exact) mass is 637 g/mol. The second-order valence-corrected chi connectivity index (χ2v) is 13.6. The first-order valence-electron chi connectivity index (χ1n) is 17.1. The highest BCUT2D eigenvalue weighted by molar-refractivity contribution is 5.91. The van der Waals surface area contributed by atoms with Crippen molar-refractivity contribution in [3.8, 4) is 0 Å². The highest BCUT2D eigenvalue weighted by Crippen LogP contribution is 2.35. The minimum Gasteiger partial charge on any atom is -0.388 e. The average molecular weight is 638 g/mol. The van der Waals surface area contributed by atoms with Crippen molar-refractivity contribution in [2.45, 2.75) is 121 Å². The summed E-state index contributed by atoms with van der Waals surface area (Å²) in [6, 6.07) is 14.4. The van der Waals surface area contributed by atoms with Crippen molar-refractivity contribution in [3.05, 3.63) is 70.3 Å². The number of aliphatic hydroxyl groups excluding tert-OH is 3. The van der Waals surface area contributed by atoms with Crippen LogP contribution in [0.3, 0.4) is 0 Å². The zero-order chi connectivity index (χ0) is 33.3. The standard InChI is InChI=1S/C37H55N3O6/c1-5-10-30-32(42)33(43)34(44)35(46-30)28-18-13-25(2)29(24-28)23-27-16-14-26(15-17-27)11-9-12-31(41)39-37(19-7-6-8-20-37)36(45)38-21-22-40(3)4/h13-18,24,30,32-35,42-44H,5-12,19-23H2,1-4H3,(H,38,45)(H,39,41)/t30-,32-,33+,34-,35+/m1/s1. The molecule has 2 fully saturated rings. The quantitative estimate of drug-likeness (QED) is 0.213. The van der Waals surface area contributed by atoms with Gasteiger partial charge in [-0.25, -0.2) is 0 Å². The fraction of sp³-hybridized carbons (Fsp3) is 0.622. The number of rotatable bonds is 14. The molecule has 9 heteroatoms. The number of carbonyl (C=O) groups is 2. The van der Waals surface area contributed by atoms with Crippen molar-refractivity contribution < 1.29 is 29.6 Å². The van der Waals surface area contributed by atoms with Crippen LogP contribution in [-0.4, -0.2) is 89.2 Å². The summed E-state index contributed by atoms with van der Waals surface area (Å²) in [4.78, 5) is 28.1. The van der Waals surface area contributed by atoms with E-state index < -0.39 is 36.1 Å². The zero-order valence-corrected chi connectivity index (χ0v) is 28.1. The van der Waals surface area contributed by atoms with Crippen molar-refractivity contribution >= 4 is 11.8 Å². The Morgan fingerprint density at radius 2 is 1.65 bits per heavy atom. The predicted molar refractivity (Wildman–Crippen MR) is 179 cm³/mol. The second kappa shape index (κ2) is 16.8. The molecule has 5 N–H and O–H groups in total. The number of ether oxygens (including phenoxy) is 1. The van der Waals surface area contributed by atoms with Gasteiger partial charge in [0, 0.05) is 19.5 Å². The predicted octanol–water partition coefficient (Wildman–Crippen LogP) is 3.73. The number of nitrogens with zero attached hydrogens (tertiary/aromatic N) is 1. The molecule has 254 valence electrons. The van der Waals surface area contributed by atoms with Crippen LogP contribution in [0.1, 0.15) is 98.6 Å². The largest absolute Gasteiger partial charge is 0.388 e. The minimum absolute atomic E-state index is 0.0571. The fourth-order valence-corrected chi connectivity index (χ4v) is 6.76. The highest BCUT2D eigenvalue weighted by atomic mass is 16.5. The number of carbonyl (C=O) groups excluding carboxylic acids is 2. The van der Waals surface area contributed by atoms with E-state index in [0.717, 1.165) is 66.5 Å². The Labute approximate surface area is 274 Å². The first-order valence-corrected chi connectivity index (χ1v) is 17.1. The SMILES string of the molecule is CCC[C@H]1O[C@@H](c2ccc(C)c(Cc3ccc(CCCC(=O)NC4(C(=O)NCCN(C)C)CCCCC4)cc3)c2)[C@H](O)[C@@H](O)[C@@H]1O. The molecule has 1 aliphatic carbocycles. The third-order valence-corrected chi connectivity index (χ3v) is 9.64. The number of aliphatic hydroxyl groups is 3. The van der Waals surface area contributed by atoms with Crippen LogP contribution < -0.4 is 10.6 Å². The zero-order valence-electron chi connectivity index (χ0n) is 28.1. The Balaban J connectivity index is 1.31. The molecule has 2 amide bonds. The van der Waals surface area contributed by atoms with Gasteiger partial charge in [-0.05, 0) is 87.4 Å². The molecule has 0 spiro atoms. The Bertz CT molecular complexity index is 1280. The fourth-order valence-electron chi connectivity index (χ4n) is 6.76. The van der Waals surface area contributed by atoms with E-state index in [4.69, 9.17) is 4.74 Å². The molecule has 2 aromatic rings. The lowest BCUT2D eigenvalue weighted by molar-refractivity contribution is -0.226. The van der Waals surface area contributed by atoms with Crippen molar-refractivity contribution in [2.75, 3.05) is 27.2 Å². The summed E-state index contributed by atoms with van der Waals surface area (Å²) in [6.07, 6.45) is 3.51. The third kappa shape index (κ3) is 9.38. The summed E-state index contributed by atoms with van der Waals surface area (Å²) in [5.41, 5.74) is 4.52. The lowest BCUT2D eigenvalue weighted by Gasteiger charge is -2.41. The van der Waals surface area contributed by atoms with Crippen LogP contribution in [0.4, 0.5) is 0 Å². The van der Waals surface area contributed by atoms with E-state index in [1.807, 2.05) is 44.1 Å². The van der Waals surface area contributed by atoms with Crippen LogP contribution in [0.15, 0.2) is 42.5 Å². The van der Waals surface area contributed by atoms with Gasteiger partial charge < -0.3 is 35.6 Å². The third-order valence-electron chi connectivity index (χ3n) is 9.64. The Morgan fingerprint density at radius 3 is 2.33 bits per heavy atom. The summed E-state index contributed by atoms with van der Waals surface area (Å²) in [6.45, 7) is 5.38. The molecule has 4 rings (SSSR count). The van der Waals surface area contributed by atoms with Crippen LogP contribution in [0.5, 0.6) is 0 Å². The highest BCUT2D eigenvalue weighted by Gasteiger charge is 2.44. The molecule has 46 heavy (non-hydrogen) atoms. The van der Waals surface area contributed by atoms with Crippen LogP contribution in [0.25, 0.3) is 0 Å². The molecule has 2 aliphatic rings. The van der Waals surface area contributed by atoms with Crippen LogP contribution in [0.2, 0.25) is 0 Å². The molecule has 1 saturated heterocycles. The normalized spacial score (nSPS) is 24.5. The van der Waals surface area contributed by atoms with E-state index in [0.29, 0.717) is 45.1 Å². The lowest BCUT2D eigenvalue weighted by Crippen LogP contribution is -2.60. The summed E-state index contributed by atoms with van der Waals surface area (Å²) >= 11 is 0. The number of amides is 2. The Morgan fingerprint density at radius 1 is 0.957 bits per heavy atom. The molecule has 9 nitrogen and oxygen atoms in total. The van der Waals surface area contributed by atoms with E-state index in [2.05, 4.69) is 41.8 Å². The number of nitrogens with one attached hydrogen (secondary N) is 2. The van der Waals surface area contributed by atoms with Crippen molar-refractivity contribution in [1.29, 1.82) is 0 Å². The summed E-state index contributed by atoms with van der Waals surface area (Å²) in [5, 5.41) is 37.7. The topological polar surface area (TPSA) is 131 Å². The van der Waals surface area contributed by atoms with E-state index in [1.165, 1.54) is 0 Å². The molecule has 1 saturated carbocycles. The molecular formula is C37H55N3O6. The molecule has 1 heterocycles. The first-order chi connectivity index (χ1) is 22.0. The van der Waals surface area contributed by atoms with Crippen LogP contribution >= 0.6 is 0 Å². The minimum atomic E-state index is -1.26. The molecular weight excluding hydrogens is 582 g/mol. The van der Waals surface area contributed by atoms with Crippen LogP contribution in [0, 0.1) is 6.92 Å². The van der Waals surface area contributed by atoms with Gasteiger partial charge in [0.05, 0.1) is 6.10 Å². The summed E-state index contributed by atoms with van der Waals surface area (Å²) < 4.78 is 6.10. The Kier molecular flexibility index (Phi) is 13.2. The summed E-state index contributed by atoms with van der Waals surface area (Å²) in [5.74, 6) is -0.120. The van der Waals surface area contributed by atoms with E-state index >= 15 is 0 Å². The number of likely N-dealkylation sites (N-methyl/N-ethyl adjacent to an activating group) is 1. The van der Waals surface area contributed by atoms with E-state index in [1.54, 1.807) is 0 Å². The molecule has 5 atom stereocenters. The molecule has 1 aliphatic heterocycles. The molecule has 0 unspecified atom stereocenters. The van der Waals surface area contributed by atoms with Gasteiger partial charge in [-0.3, -0.25) is 9.59 Å². The molecule has 0 bridgehead atoms. The van der Waals surface area contributed by atoms with Gasteiger partial charge in [-0.15, -0.1) is 0 Å².